The molecule has 1 radical (unpaired) electrons. The van der Waals surface area contributed by atoms with Crippen molar-refractivity contribution in [1.82, 2.24) is 0 Å². The van der Waals surface area contributed by atoms with Gasteiger partial charge in [-0.15, -0.1) is 45.9 Å². The zero-order chi connectivity index (χ0) is 11.7. The molecule has 0 spiro atoms. The van der Waals surface area contributed by atoms with Crippen molar-refractivity contribution < 1.29 is 0 Å². The Morgan fingerprint density at radius 2 is 1.47 bits per heavy atom. The molecule has 1 aromatic carbocycles. The highest BCUT2D eigenvalue weighted by molar-refractivity contribution is 9.55. The molecule has 0 bridgehead atoms. The molecular weight excluding hydrogens is 432 g/mol. The summed E-state index contributed by atoms with van der Waals surface area (Å²) in [5.74, 6) is 0. The van der Waals surface area contributed by atoms with Crippen molar-refractivity contribution in [3.05, 3.63) is 30.3 Å². The van der Waals surface area contributed by atoms with Gasteiger partial charge >= 0.3 is 0 Å². The Bertz CT molecular complexity index is 323. The second kappa shape index (κ2) is 5.31. The van der Waals surface area contributed by atoms with Gasteiger partial charge in [0, 0.05) is 0 Å². The van der Waals surface area contributed by atoms with Crippen LogP contribution in [0, 0.1) is 0 Å². The van der Waals surface area contributed by atoms with Gasteiger partial charge in [0.05, 0.1) is 7.59 Å². The van der Waals surface area contributed by atoms with Crippen LogP contribution in [0.3, 0.4) is 0 Å². The summed E-state index contributed by atoms with van der Waals surface area (Å²) in [6, 6.07) is 10.9. The summed E-state index contributed by atoms with van der Waals surface area (Å²) in [6.07, 6.45) is 0. The predicted octanol–water partition coefficient (Wildman–Crippen LogP) is 4.01. The minimum Gasteiger partial charge on any atom is -0.125 e. The molecule has 0 heterocycles. The highest BCUT2D eigenvalue weighted by atomic mass is 79.9. The van der Waals surface area contributed by atoms with Gasteiger partial charge in [-0.2, -0.15) is 0 Å². The lowest BCUT2D eigenvalue weighted by atomic mass is 10.4. The maximum Gasteiger partial charge on any atom is 0.219 e. The topological polar surface area (TPSA) is 0 Å². The van der Waals surface area contributed by atoms with E-state index in [1.54, 1.807) is 0 Å². The number of hydrogen-bond donors (Lipinski definition) is 0. The SMILES string of the molecule is C[Si](C)(C)[Si](Br)(c1ccccc1)[Si](Br)Br. The summed E-state index contributed by atoms with van der Waals surface area (Å²) in [7, 11) is -1.21. The number of benzene rings is 1. The van der Waals surface area contributed by atoms with E-state index < -0.39 is 18.9 Å². The lowest BCUT2D eigenvalue weighted by molar-refractivity contribution is 1.76. The lowest BCUT2D eigenvalue weighted by Crippen LogP contribution is -2.67. The summed E-state index contributed by atoms with van der Waals surface area (Å²) < 4.78 is 0. The van der Waals surface area contributed by atoms with Crippen LogP contribution in [0.5, 0.6) is 0 Å². The van der Waals surface area contributed by atoms with Crippen LogP contribution in [-0.4, -0.2) is 18.9 Å². The maximum atomic E-state index is 4.13. The average Bonchev–Trinajstić information content (AvgIpc) is 2.16. The van der Waals surface area contributed by atoms with E-state index in [2.05, 4.69) is 95.9 Å². The van der Waals surface area contributed by atoms with E-state index in [0.29, 0.717) is 0 Å². The van der Waals surface area contributed by atoms with Crippen LogP contribution in [0.15, 0.2) is 30.3 Å². The summed E-state index contributed by atoms with van der Waals surface area (Å²) >= 11 is 11.8. The Kier molecular flexibility index (Phi) is 5.08. The number of rotatable bonds is 3. The lowest BCUT2D eigenvalue weighted by Gasteiger charge is -2.37. The van der Waals surface area contributed by atoms with Crippen LogP contribution < -0.4 is 5.19 Å². The van der Waals surface area contributed by atoms with Gasteiger partial charge in [0.25, 0.3) is 0 Å². The Morgan fingerprint density at radius 3 is 1.80 bits per heavy atom. The smallest absolute Gasteiger partial charge is 0.125 e. The van der Waals surface area contributed by atoms with E-state index in [4.69, 9.17) is 0 Å². The Balaban J connectivity index is 3.26. The highest BCUT2D eigenvalue weighted by Crippen LogP contribution is 2.32. The molecular formula is C9H14Br3Si3. The molecule has 0 aliphatic heterocycles. The molecule has 1 rings (SSSR count). The van der Waals surface area contributed by atoms with E-state index in [1.807, 2.05) is 0 Å². The monoisotopic (exact) mass is 443 g/mol. The molecule has 1 atom stereocenters. The van der Waals surface area contributed by atoms with Gasteiger partial charge in [0.1, 0.15) is 0 Å². The standard InChI is InChI=1S/C9H14Br3Si3/c1-14(2,3)15(12,13(10)11)9-7-5-4-6-8-9/h4-8H,1-3H3. The molecule has 0 aliphatic rings. The molecule has 0 saturated heterocycles. The van der Waals surface area contributed by atoms with Gasteiger partial charge in [0.2, 0.25) is 5.55 Å². The van der Waals surface area contributed by atoms with Crippen molar-refractivity contribution in [1.29, 1.82) is 0 Å². The first-order valence-electron chi connectivity index (χ1n) is 4.73. The van der Waals surface area contributed by atoms with Gasteiger partial charge in [-0.1, -0.05) is 55.2 Å². The normalized spacial score (nSPS) is 16.5. The van der Waals surface area contributed by atoms with Crippen LogP contribution in [0.4, 0.5) is 0 Å². The average molecular weight is 446 g/mol. The molecule has 0 aromatic heterocycles. The van der Waals surface area contributed by atoms with Crippen LogP contribution >= 0.6 is 45.9 Å². The summed E-state index contributed by atoms with van der Waals surface area (Å²) in [5, 5.41) is 1.52. The van der Waals surface area contributed by atoms with Crippen molar-refractivity contribution in [2.45, 2.75) is 19.6 Å². The fourth-order valence-corrected chi connectivity index (χ4v) is 51.9. The molecule has 15 heavy (non-hydrogen) atoms. The molecule has 0 saturated carbocycles. The summed E-state index contributed by atoms with van der Waals surface area (Å²) in [6.45, 7) is 7.36. The van der Waals surface area contributed by atoms with Gasteiger partial charge in [-0.05, 0) is 0 Å². The van der Waals surface area contributed by atoms with Crippen LogP contribution in [-0.2, 0) is 0 Å². The van der Waals surface area contributed by atoms with Crippen LogP contribution in [0.25, 0.3) is 0 Å². The van der Waals surface area contributed by atoms with Crippen molar-refractivity contribution >= 4 is 69.9 Å². The highest BCUT2D eigenvalue weighted by Gasteiger charge is 2.51. The summed E-state index contributed by atoms with van der Waals surface area (Å²) in [4.78, 5) is 0. The van der Waals surface area contributed by atoms with Crippen LogP contribution in [0.2, 0.25) is 19.6 Å². The molecule has 6 heteroatoms. The molecule has 0 amide bonds. The third-order valence-corrected chi connectivity index (χ3v) is 67.2. The van der Waals surface area contributed by atoms with Gasteiger partial charge < -0.3 is 0 Å². The molecule has 0 N–H and O–H groups in total. The molecule has 1 unspecified atom stereocenters. The Labute approximate surface area is 119 Å². The first kappa shape index (κ1) is 14.4. The number of halogens is 3. The Morgan fingerprint density at radius 1 is 1.00 bits per heavy atom. The van der Waals surface area contributed by atoms with Crippen molar-refractivity contribution in [3.63, 3.8) is 0 Å². The molecule has 0 fully saturated rings. The minimum absolute atomic E-state index is 0.639. The minimum atomic E-state index is -1.52. The third kappa shape index (κ3) is 2.95. The van der Waals surface area contributed by atoms with Gasteiger partial charge in [0.15, 0.2) is 5.73 Å². The van der Waals surface area contributed by atoms with Crippen molar-refractivity contribution in [2.75, 3.05) is 0 Å². The second-order valence-electron chi connectivity index (χ2n) is 4.53. The van der Waals surface area contributed by atoms with E-state index in [9.17, 15) is 0 Å². The Hall–Kier alpha value is 1.31. The zero-order valence-electron chi connectivity index (χ0n) is 9.02. The third-order valence-electron chi connectivity index (χ3n) is 2.47. The van der Waals surface area contributed by atoms with Crippen molar-refractivity contribution in [2.24, 2.45) is 0 Å². The second-order valence-corrected chi connectivity index (χ2v) is 43.8. The zero-order valence-corrected chi connectivity index (χ0v) is 16.8. The van der Waals surface area contributed by atoms with E-state index in [0.717, 1.165) is 0 Å². The van der Waals surface area contributed by atoms with E-state index >= 15 is 0 Å². The van der Waals surface area contributed by atoms with Crippen molar-refractivity contribution in [3.8, 4) is 0 Å². The van der Waals surface area contributed by atoms with Crippen LogP contribution in [0.1, 0.15) is 0 Å². The molecule has 83 valence electrons. The molecule has 1 aromatic rings. The largest absolute Gasteiger partial charge is 0.219 e. The maximum absolute atomic E-state index is 4.13. The summed E-state index contributed by atoms with van der Waals surface area (Å²) in [5.41, 5.74) is -2.16. The first-order valence-corrected chi connectivity index (χ1v) is 20.5. The molecule has 0 nitrogen and oxygen atoms in total. The van der Waals surface area contributed by atoms with E-state index in [-0.39, 0.29) is 0 Å². The fraction of sp³-hybridized carbons (Fsp3) is 0.333. The quantitative estimate of drug-likeness (QED) is 0.487. The number of hydrogen-bond acceptors (Lipinski definition) is 0. The molecule has 0 aliphatic carbocycles. The van der Waals surface area contributed by atoms with Gasteiger partial charge in [-0.25, -0.2) is 0 Å². The predicted molar refractivity (Wildman–Crippen MR) is 87.7 cm³/mol. The van der Waals surface area contributed by atoms with E-state index in [1.165, 1.54) is 5.19 Å². The first-order chi connectivity index (χ1) is 6.80. The van der Waals surface area contributed by atoms with Gasteiger partial charge in [-0.3, -0.25) is 0 Å². The fourth-order valence-electron chi connectivity index (χ4n) is 1.49.